The first-order valence-corrected chi connectivity index (χ1v) is 9.35. The second-order valence-corrected chi connectivity index (χ2v) is 7.36. The average molecular weight is 337 g/mol. The van der Waals surface area contributed by atoms with Crippen LogP contribution < -0.4 is 10.2 Å². The lowest BCUT2D eigenvalue weighted by atomic mass is 9.90. The van der Waals surface area contributed by atoms with Crippen LogP contribution in [0, 0.1) is 19.8 Å². The SMILES string of the molecule is Cc1cccc(NC(=O)C[NH+]2CCC(Cc3ccccc3)CC2)c1C. The van der Waals surface area contributed by atoms with Gasteiger partial charge in [-0.25, -0.2) is 0 Å². The first kappa shape index (κ1) is 17.7. The molecule has 1 amide bonds. The Morgan fingerprint density at radius 2 is 1.76 bits per heavy atom. The van der Waals surface area contributed by atoms with Crippen molar-refractivity contribution < 1.29 is 9.69 Å². The van der Waals surface area contributed by atoms with Gasteiger partial charge in [0.1, 0.15) is 0 Å². The van der Waals surface area contributed by atoms with Crippen molar-refractivity contribution in [2.24, 2.45) is 5.92 Å². The molecule has 1 fully saturated rings. The summed E-state index contributed by atoms with van der Waals surface area (Å²) in [4.78, 5) is 13.8. The van der Waals surface area contributed by atoms with Crippen molar-refractivity contribution in [3.8, 4) is 0 Å². The highest BCUT2D eigenvalue weighted by Gasteiger charge is 2.24. The molecule has 0 saturated carbocycles. The van der Waals surface area contributed by atoms with Gasteiger partial charge in [-0.2, -0.15) is 0 Å². The van der Waals surface area contributed by atoms with Crippen LogP contribution >= 0.6 is 0 Å². The molecule has 0 unspecified atom stereocenters. The highest BCUT2D eigenvalue weighted by atomic mass is 16.2. The van der Waals surface area contributed by atoms with Crippen LogP contribution in [0.25, 0.3) is 0 Å². The molecule has 1 aliphatic rings. The molecule has 3 heteroatoms. The number of anilines is 1. The summed E-state index contributed by atoms with van der Waals surface area (Å²) < 4.78 is 0. The summed E-state index contributed by atoms with van der Waals surface area (Å²) in [5, 5.41) is 3.09. The molecule has 3 rings (SSSR count). The molecular formula is C22H29N2O+. The lowest BCUT2D eigenvalue weighted by Gasteiger charge is -2.29. The van der Waals surface area contributed by atoms with Gasteiger partial charge in [-0.15, -0.1) is 0 Å². The standard InChI is InChI=1S/C22H28N2O/c1-17-7-6-10-21(18(17)2)23-22(25)16-24-13-11-20(12-14-24)15-19-8-4-3-5-9-19/h3-10,20H,11-16H2,1-2H3,(H,23,25)/p+1. The quantitative estimate of drug-likeness (QED) is 0.864. The van der Waals surface area contributed by atoms with E-state index in [1.807, 2.05) is 12.1 Å². The predicted octanol–water partition coefficient (Wildman–Crippen LogP) is 2.78. The van der Waals surface area contributed by atoms with E-state index in [-0.39, 0.29) is 5.91 Å². The summed E-state index contributed by atoms with van der Waals surface area (Å²) in [6, 6.07) is 16.8. The zero-order valence-corrected chi connectivity index (χ0v) is 15.3. The highest BCUT2D eigenvalue weighted by molar-refractivity contribution is 5.92. The molecule has 0 atom stereocenters. The Kier molecular flexibility index (Phi) is 5.87. The number of benzene rings is 2. The number of piperidine rings is 1. The Morgan fingerprint density at radius 1 is 1.04 bits per heavy atom. The van der Waals surface area contributed by atoms with E-state index in [0.717, 1.165) is 30.3 Å². The van der Waals surface area contributed by atoms with Crippen LogP contribution in [0.1, 0.15) is 29.5 Å². The van der Waals surface area contributed by atoms with Gasteiger partial charge in [-0.05, 0) is 61.8 Å². The smallest absolute Gasteiger partial charge is 0.279 e. The fraction of sp³-hybridized carbons (Fsp3) is 0.409. The Hall–Kier alpha value is -2.13. The van der Waals surface area contributed by atoms with Crippen LogP contribution in [0.15, 0.2) is 48.5 Å². The Balaban J connectivity index is 1.45. The van der Waals surface area contributed by atoms with Crippen LogP contribution in [0.5, 0.6) is 0 Å². The number of amides is 1. The summed E-state index contributed by atoms with van der Waals surface area (Å²) >= 11 is 0. The summed E-state index contributed by atoms with van der Waals surface area (Å²) in [5.41, 5.74) is 4.76. The fourth-order valence-corrected chi connectivity index (χ4v) is 3.72. The monoisotopic (exact) mass is 337 g/mol. The summed E-state index contributed by atoms with van der Waals surface area (Å²) in [7, 11) is 0. The third-order valence-corrected chi connectivity index (χ3v) is 5.47. The minimum atomic E-state index is 0.130. The van der Waals surface area contributed by atoms with Crippen molar-refractivity contribution in [2.45, 2.75) is 33.1 Å². The van der Waals surface area contributed by atoms with Crippen LogP contribution in [0.3, 0.4) is 0 Å². The van der Waals surface area contributed by atoms with Gasteiger partial charge < -0.3 is 10.2 Å². The largest absolute Gasteiger partial charge is 0.327 e. The maximum atomic E-state index is 12.4. The number of hydrogen-bond acceptors (Lipinski definition) is 1. The van der Waals surface area contributed by atoms with Gasteiger partial charge in [0.25, 0.3) is 5.91 Å². The second-order valence-electron chi connectivity index (χ2n) is 7.36. The molecule has 2 aromatic carbocycles. The predicted molar refractivity (Wildman–Crippen MR) is 103 cm³/mol. The Morgan fingerprint density at radius 3 is 2.48 bits per heavy atom. The number of carbonyl (C=O) groups is 1. The third kappa shape index (κ3) is 4.93. The van der Waals surface area contributed by atoms with Crippen molar-refractivity contribution in [1.82, 2.24) is 0 Å². The molecule has 2 N–H and O–H groups in total. The maximum Gasteiger partial charge on any atom is 0.279 e. The summed E-state index contributed by atoms with van der Waals surface area (Å²) in [6.45, 7) is 6.90. The first-order chi connectivity index (χ1) is 12.1. The van der Waals surface area contributed by atoms with Crippen molar-refractivity contribution in [2.75, 3.05) is 25.0 Å². The van der Waals surface area contributed by atoms with E-state index in [1.54, 1.807) is 0 Å². The van der Waals surface area contributed by atoms with Crippen LogP contribution in [-0.4, -0.2) is 25.5 Å². The van der Waals surface area contributed by atoms with Crippen molar-refractivity contribution in [1.29, 1.82) is 0 Å². The number of rotatable bonds is 5. The number of hydrogen-bond donors (Lipinski definition) is 2. The molecule has 1 aliphatic heterocycles. The minimum Gasteiger partial charge on any atom is -0.327 e. The molecule has 0 aliphatic carbocycles. The molecule has 0 aromatic heterocycles. The lowest BCUT2D eigenvalue weighted by Crippen LogP contribution is -3.14. The molecule has 25 heavy (non-hydrogen) atoms. The van der Waals surface area contributed by atoms with E-state index in [1.165, 1.54) is 35.3 Å². The van der Waals surface area contributed by atoms with Crippen molar-refractivity contribution in [3.05, 3.63) is 65.2 Å². The normalized spacial score (nSPS) is 20.2. The zero-order valence-electron chi connectivity index (χ0n) is 15.3. The van der Waals surface area contributed by atoms with Gasteiger partial charge in [-0.3, -0.25) is 4.79 Å². The zero-order chi connectivity index (χ0) is 17.6. The van der Waals surface area contributed by atoms with Crippen LogP contribution in [-0.2, 0) is 11.2 Å². The second kappa shape index (κ2) is 8.30. The van der Waals surface area contributed by atoms with E-state index in [0.29, 0.717) is 6.54 Å². The molecule has 0 bridgehead atoms. The van der Waals surface area contributed by atoms with Gasteiger partial charge in [0, 0.05) is 5.69 Å². The van der Waals surface area contributed by atoms with Crippen LogP contribution in [0.2, 0.25) is 0 Å². The van der Waals surface area contributed by atoms with Crippen molar-refractivity contribution >= 4 is 11.6 Å². The van der Waals surface area contributed by atoms with E-state index in [2.05, 4.69) is 55.6 Å². The molecule has 1 heterocycles. The molecule has 0 spiro atoms. The minimum absolute atomic E-state index is 0.130. The van der Waals surface area contributed by atoms with E-state index in [4.69, 9.17) is 0 Å². The lowest BCUT2D eigenvalue weighted by molar-refractivity contribution is -0.898. The number of likely N-dealkylation sites (tertiary alicyclic amines) is 1. The van der Waals surface area contributed by atoms with Gasteiger partial charge >= 0.3 is 0 Å². The van der Waals surface area contributed by atoms with Gasteiger partial charge in [-0.1, -0.05) is 42.5 Å². The maximum absolute atomic E-state index is 12.4. The Labute approximate surface area is 151 Å². The average Bonchev–Trinajstić information content (AvgIpc) is 2.62. The number of aryl methyl sites for hydroxylation is 1. The number of carbonyl (C=O) groups excluding carboxylic acids is 1. The van der Waals surface area contributed by atoms with E-state index >= 15 is 0 Å². The van der Waals surface area contributed by atoms with Gasteiger partial charge in [0.05, 0.1) is 13.1 Å². The summed E-state index contributed by atoms with van der Waals surface area (Å²) in [6.07, 6.45) is 3.59. The molecule has 0 radical (unpaired) electrons. The van der Waals surface area contributed by atoms with Crippen LogP contribution in [0.4, 0.5) is 5.69 Å². The van der Waals surface area contributed by atoms with Crippen molar-refractivity contribution in [3.63, 3.8) is 0 Å². The molecule has 1 saturated heterocycles. The third-order valence-electron chi connectivity index (χ3n) is 5.47. The van der Waals surface area contributed by atoms with Gasteiger partial charge in [0.2, 0.25) is 0 Å². The number of quaternary nitrogens is 1. The van der Waals surface area contributed by atoms with Gasteiger partial charge in [0.15, 0.2) is 6.54 Å². The first-order valence-electron chi connectivity index (χ1n) is 9.35. The molecule has 3 nitrogen and oxygen atoms in total. The topological polar surface area (TPSA) is 33.5 Å². The van der Waals surface area contributed by atoms with E-state index < -0.39 is 0 Å². The molecule has 132 valence electrons. The van der Waals surface area contributed by atoms with E-state index in [9.17, 15) is 4.79 Å². The Bertz CT molecular complexity index is 703. The molecular weight excluding hydrogens is 308 g/mol. The summed E-state index contributed by atoms with van der Waals surface area (Å²) in [5.74, 6) is 0.887. The molecule has 2 aromatic rings. The number of nitrogens with one attached hydrogen (secondary N) is 2. The highest BCUT2D eigenvalue weighted by Crippen LogP contribution is 2.18. The fourth-order valence-electron chi connectivity index (χ4n) is 3.72.